The smallest absolute Gasteiger partial charge is 0.335 e. The number of carboxylic acids is 1. The molecule has 0 aliphatic heterocycles. The van der Waals surface area contributed by atoms with E-state index >= 15 is 0 Å². The van der Waals surface area contributed by atoms with Crippen LogP contribution in [0.5, 0.6) is 0 Å². The lowest BCUT2D eigenvalue weighted by molar-refractivity contribution is 0.0696. The number of ketones is 1. The molecule has 6 heteroatoms. The summed E-state index contributed by atoms with van der Waals surface area (Å²) in [5, 5.41) is 16.5. The van der Waals surface area contributed by atoms with Crippen LogP contribution in [-0.4, -0.2) is 31.9 Å². The first kappa shape index (κ1) is 12.0. The van der Waals surface area contributed by atoms with Crippen molar-refractivity contribution in [3.63, 3.8) is 0 Å². The van der Waals surface area contributed by atoms with E-state index < -0.39 is 5.97 Å². The minimum Gasteiger partial charge on any atom is -0.478 e. The SMILES string of the molecule is CC(=O)c1c(C)nnn1-c1ccc(C(=O)O)cc1. The van der Waals surface area contributed by atoms with Crippen LogP contribution in [0.25, 0.3) is 5.69 Å². The van der Waals surface area contributed by atoms with Crippen LogP contribution < -0.4 is 0 Å². The molecule has 1 aromatic heterocycles. The summed E-state index contributed by atoms with van der Waals surface area (Å²) >= 11 is 0. The second-order valence-corrected chi connectivity index (χ2v) is 3.84. The van der Waals surface area contributed by atoms with Gasteiger partial charge < -0.3 is 5.11 Å². The number of carbonyl (C=O) groups excluding carboxylic acids is 1. The molecular formula is C12H11N3O3. The lowest BCUT2D eigenvalue weighted by Crippen LogP contribution is -2.07. The molecule has 0 radical (unpaired) electrons. The van der Waals surface area contributed by atoms with Crippen LogP contribution in [-0.2, 0) is 0 Å². The van der Waals surface area contributed by atoms with E-state index in [1.165, 1.54) is 23.7 Å². The highest BCUT2D eigenvalue weighted by atomic mass is 16.4. The number of nitrogens with zero attached hydrogens (tertiary/aromatic N) is 3. The molecule has 0 spiro atoms. The second kappa shape index (κ2) is 4.40. The average Bonchev–Trinajstić information content (AvgIpc) is 2.71. The van der Waals surface area contributed by atoms with E-state index in [4.69, 9.17) is 5.11 Å². The van der Waals surface area contributed by atoms with Gasteiger partial charge in [-0.1, -0.05) is 5.21 Å². The van der Waals surface area contributed by atoms with Crippen LogP contribution >= 0.6 is 0 Å². The number of carbonyl (C=O) groups is 2. The van der Waals surface area contributed by atoms with Crippen molar-refractivity contribution in [3.05, 3.63) is 41.2 Å². The molecule has 0 saturated heterocycles. The van der Waals surface area contributed by atoms with Crippen molar-refractivity contribution in [2.75, 3.05) is 0 Å². The molecule has 1 heterocycles. The molecule has 6 nitrogen and oxygen atoms in total. The van der Waals surface area contributed by atoms with Gasteiger partial charge in [-0.3, -0.25) is 4.79 Å². The maximum absolute atomic E-state index is 11.5. The van der Waals surface area contributed by atoms with Crippen molar-refractivity contribution in [2.24, 2.45) is 0 Å². The number of aromatic nitrogens is 3. The molecule has 0 atom stereocenters. The quantitative estimate of drug-likeness (QED) is 0.828. The van der Waals surface area contributed by atoms with Gasteiger partial charge in [0, 0.05) is 6.92 Å². The topological polar surface area (TPSA) is 85.1 Å². The predicted molar refractivity (Wildman–Crippen MR) is 63.1 cm³/mol. The zero-order valence-electron chi connectivity index (χ0n) is 9.91. The number of hydrogen-bond donors (Lipinski definition) is 1. The standard InChI is InChI=1S/C12H11N3O3/c1-7-11(8(2)16)15(14-13-7)10-5-3-9(4-6-10)12(17)18/h3-6H,1-2H3,(H,17,18). The summed E-state index contributed by atoms with van der Waals surface area (Å²) < 4.78 is 1.41. The largest absolute Gasteiger partial charge is 0.478 e. The highest BCUT2D eigenvalue weighted by Crippen LogP contribution is 2.14. The Morgan fingerprint density at radius 3 is 2.33 bits per heavy atom. The van der Waals surface area contributed by atoms with Crippen LogP contribution in [0.4, 0.5) is 0 Å². The number of aryl methyl sites for hydroxylation is 1. The van der Waals surface area contributed by atoms with E-state index in [-0.39, 0.29) is 11.3 Å². The number of hydrogen-bond acceptors (Lipinski definition) is 4. The number of carboxylic acid groups (broad SMARTS) is 1. The van der Waals surface area contributed by atoms with Crippen molar-refractivity contribution in [2.45, 2.75) is 13.8 Å². The summed E-state index contributed by atoms with van der Waals surface area (Å²) in [7, 11) is 0. The Morgan fingerprint density at radius 2 is 1.83 bits per heavy atom. The van der Waals surface area contributed by atoms with Gasteiger partial charge in [0.15, 0.2) is 5.78 Å². The van der Waals surface area contributed by atoms with Crippen molar-refractivity contribution in [1.82, 2.24) is 15.0 Å². The Labute approximate surface area is 103 Å². The van der Waals surface area contributed by atoms with Gasteiger partial charge in [-0.2, -0.15) is 0 Å². The summed E-state index contributed by atoms with van der Waals surface area (Å²) in [6.07, 6.45) is 0. The normalized spacial score (nSPS) is 10.3. The first-order valence-corrected chi connectivity index (χ1v) is 5.27. The second-order valence-electron chi connectivity index (χ2n) is 3.84. The fraction of sp³-hybridized carbons (Fsp3) is 0.167. The molecule has 0 amide bonds. The molecule has 0 unspecified atom stereocenters. The molecule has 0 saturated carbocycles. The van der Waals surface area contributed by atoms with E-state index in [1.807, 2.05) is 0 Å². The monoisotopic (exact) mass is 245 g/mol. The van der Waals surface area contributed by atoms with Gasteiger partial charge in [0.1, 0.15) is 5.69 Å². The van der Waals surface area contributed by atoms with E-state index in [2.05, 4.69) is 10.3 Å². The maximum atomic E-state index is 11.5. The third kappa shape index (κ3) is 2.00. The fourth-order valence-electron chi connectivity index (χ4n) is 1.69. The minimum atomic E-state index is -0.997. The lowest BCUT2D eigenvalue weighted by Gasteiger charge is -2.04. The number of rotatable bonds is 3. The summed E-state index contributed by atoms with van der Waals surface area (Å²) in [5.74, 6) is -1.14. The van der Waals surface area contributed by atoms with Crippen LogP contribution in [0.15, 0.2) is 24.3 Å². The maximum Gasteiger partial charge on any atom is 0.335 e. The molecule has 0 fully saturated rings. The van der Waals surface area contributed by atoms with E-state index in [9.17, 15) is 9.59 Å². The molecule has 0 aliphatic rings. The first-order chi connectivity index (χ1) is 8.50. The van der Waals surface area contributed by atoms with Crippen LogP contribution in [0.1, 0.15) is 33.5 Å². The first-order valence-electron chi connectivity index (χ1n) is 5.27. The molecule has 1 aromatic carbocycles. The zero-order chi connectivity index (χ0) is 13.3. The third-order valence-corrected chi connectivity index (χ3v) is 2.53. The van der Waals surface area contributed by atoms with E-state index in [1.54, 1.807) is 19.1 Å². The van der Waals surface area contributed by atoms with Crippen molar-refractivity contribution in [3.8, 4) is 5.69 Å². The Balaban J connectivity index is 2.49. The molecule has 2 aromatic rings. The highest BCUT2D eigenvalue weighted by molar-refractivity contribution is 5.94. The van der Waals surface area contributed by atoms with Gasteiger partial charge in [0.25, 0.3) is 0 Å². The van der Waals surface area contributed by atoms with Crippen LogP contribution in [0.3, 0.4) is 0 Å². The number of benzene rings is 1. The minimum absolute atomic E-state index is 0.139. The van der Waals surface area contributed by atoms with Gasteiger partial charge in [0.05, 0.1) is 16.9 Å². The van der Waals surface area contributed by atoms with Gasteiger partial charge >= 0.3 is 5.97 Å². The molecule has 2 rings (SSSR count). The van der Waals surface area contributed by atoms with E-state index in [0.29, 0.717) is 17.1 Å². The molecule has 0 bridgehead atoms. The zero-order valence-corrected chi connectivity index (χ0v) is 9.91. The summed E-state index contributed by atoms with van der Waals surface area (Å²) in [6.45, 7) is 3.14. The van der Waals surface area contributed by atoms with Crippen molar-refractivity contribution < 1.29 is 14.7 Å². The highest BCUT2D eigenvalue weighted by Gasteiger charge is 2.15. The van der Waals surface area contributed by atoms with Crippen LogP contribution in [0, 0.1) is 6.92 Å². The Morgan fingerprint density at radius 1 is 1.22 bits per heavy atom. The summed E-state index contributed by atoms with van der Waals surface area (Å²) in [5.41, 5.74) is 1.73. The molecule has 0 aliphatic carbocycles. The average molecular weight is 245 g/mol. The van der Waals surface area contributed by atoms with Crippen molar-refractivity contribution >= 4 is 11.8 Å². The summed E-state index contributed by atoms with van der Waals surface area (Å²) in [4.78, 5) is 22.2. The lowest BCUT2D eigenvalue weighted by atomic mass is 10.2. The Bertz CT molecular complexity index is 614. The van der Waals surface area contributed by atoms with Crippen molar-refractivity contribution in [1.29, 1.82) is 0 Å². The Hall–Kier alpha value is -2.50. The van der Waals surface area contributed by atoms with E-state index in [0.717, 1.165) is 0 Å². The predicted octanol–water partition coefficient (Wildman–Crippen LogP) is 1.48. The number of Topliss-reactive ketones (excluding diaryl/α,β-unsaturated/α-hetero) is 1. The summed E-state index contributed by atoms with van der Waals surface area (Å²) in [6, 6.07) is 6.09. The van der Waals surface area contributed by atoms with Gasteiger partial charge in [-0.05, 0) is 31.2 Å². The number of aromatic carboxylic acids is 1. The molecule has 92 valence electrons. The van der Waals surface area contributed by atoms with Crippen LogP contribution in [0.2, 0.25) is 0 Å². The molecule has 1 N–H and O–H groups in total. The van der Waals surface area contributed by atoms with Gasteiger partial charge in [0.2, 0.25) is 0 Å². The third-order valence-electron chi connectivity index (χ3n) is 2.53. The molecular weight excluding hydrogens is 234 g/mol. The fourth-order valence-corrected chi connectivity index (χ4v) is 1.69. The molecule has 18 heavy (non-hydrogen) atoms. The van der Waals surface area contributed by atoms with Gasteiger partial charge in [-0.15, -0.1) is 5.10 Å². The Kier molecular flexibility index (Phi) is 2.93. The van der Waals surface area contributed by atoms with Gasteiger partial charge in [-0.25, -0.2) is 9.48 Å².